The highest BCUT2D eigenvalue weighted by atomic mass is 32.1. The number of ether oxygens (including phenoxy) is 1. The number of carboxylic acid groups (broad SMARTS) is 1. The standard InChI is InChI=1S/C12H15NO4S/c1-17-11(14)5-4-10-13-8-3-2-7(12(15)16)6-9(8)18-10/h7H,2-6H2,1H3,(H,15,16). The van der Waals surface area contributed by atoms with Gasteiger partial charge < -0.3 is 9.84 Å². The van der Waals surface area contributed by atoms with Gasteiger partial charge in [-0.1, -0.05) is 0 Å². The number of thiazole rings is 1. The molecule has 5 nitrogen and oxygen atoms in total. The Hall–Kier alpha value is -1.43. The van der Waals surface area contributed by atoms with E-state index in [0.717, 1.165) is 22.0 Å². The van der Waals surface area contributed by atoms with E-state index in [1.807, 2.05) is 0 Å². The number of hydrogen-bond acceptors (Lipinski definition) is 5. The van der Waals surface area contributed by atoms with Crippen molar-refractivity contribution >= 4 is 23.3 Å². The van der Waals surface area contributed by atoms with E-state index >= 15 is 0 Å². The van der Waals surface area contributed by atoms with Crippen LogP contribution in [0.5, 0.6) is 0 Å². The zero-order valence-electron chi connectivity index (χ0n) is 10.1. The molecule has 0 aromatic carbocycles. The molecule has 0 radical (unpaired) electrons. The van der Waals surface area contributed by atoms with Crippen molar-refractivity contribution in [3.05, 3.63) is 15.6 Å². The monoisotopic (exact) mass is 269 g/mol. The van der Waals surface area contributed by atoms with Crippen molar-refractivity contribution in [2.45, 2.75) is 32.1 Å². The van der Waals surface area contributed by atoms with Crippen LogP contribution in [0.25, 0.3) is 0 Å². The number of esters is 1. The zero-order valence-corrected chi connectivity index (χ0v) is 11.0. The normalized spacial score (nSPS) is 18.2. The van der Waals surface area contributed by atoms with Gasteiger partial charge in [-0.3, -0.25) is 9.59 Å². The van der Waals surface area contributed by atoms with E-state index < -0.39 is 5.97 Å². The number of fused-ring (bicyclic) bond motifs is 1. The van der Waals surface area contributed by atoms with Gasteiger partial charge in [-0.05, 0) is 19.3 Å². The van der Waals surface area contributed by atoms with Crippen LogP contribution in [0.4, 0.5) is 0 Å². The molecule has 18 heavy (non-hydrogen) atoms. The van der Waals surface area contributed by atoms with Crippen LogP contribution in [0.2, 0.25) is 0 Å². The molecular formula is C12H15NO4S. The predicted molar refractivity (Wildman–Crippen MR) is 65.6 cm³/mol. The number of aryl methyl sites for hydroxylation is 2. The van der Waals surface area contributed by atoms with Crippen LogP contribution in [-0.4, -0.2) is 29.1 Å². The highest BCUT2D eigenvalue weighted by molar-refractivity contribution is 7.11. The van der Waals surface area contributed by atoms with E-state index in [2.05, 4.69) is 9.72 Å². The summed E-state index contributed by atoms with van der Waals surface area (Å²) < 4.78 is 4.58. The average Bonchev–Trinajstić information content (AvgIpc) is 2.77. The minimum atomic E-state index is -0.731. The summed E-state index contributed by atoms with van der Waals surface area (Å²) in [5.74, 6) is -1.26. The van der Waals surface area contributed by atoms with Gasteiger partial charge in [0.25, 0.3) is 0 Å². The van der Waals surface area contributed by atoms with Gasteiger partial charge in [0.2, 0.25) is 0 Å². The van der Waals surface area contributed by atoms with E-state index in [-0.39, 0.29) is 11.9 Å². The molecule has 1 aliphatic rings. The largest absolute Gasteiger partial charge is 0.481 e. The van der Waals surface area contributed by atoms with Crippen LogP contribution in [-0.2, 0) is 33.6 Å². The first kappa shape index (κ1) is 13.0. The summed E-state index contributed by atoms with van der Waals surface area (Å²) in [5.41, 5.74) is 1.01. The molecule has 1 aliphatic carbocycles. The van der Waals surface area contributed by atoms with Gasteiger partial charge in [0.05, 0.1) is 30.2 Å². The van der Waals surface area contributed by atoms with E-state index in [1.165, 1.54) is 18.4 Å². The second-order valence-corrected chi connectivity index (χ2v) is 5.50. The third kappa shape index (κ3) is 2.87. The molecular weight excluding hydrogens is 254 g/mol. The van der Waals surface area contributed by atoms with Crippen molar-refractivity contribution < 1.29 is 19.4 Å². The van der Waals surface area contributed by atoms with Crippen LogP contribution >= 0.6 is 11.3 Å². The fraction of sp³-hybridized carbons (Fsp3) is 0.583. The van der Waals surface area contributed by atoms with Gasteiger partial charge in [0, 0.05) is 11.3 Å². The highest BCUT2D eigenvalue weighted by Gasteiger charge is 2.27. The molecule has 0 spiro atoms. The number of carbonyl (C=O) groups is 2. The summed E-state index contributed by atoms with van der Waals surface area (Å²) in [5, 5.41) is 9.90. The fourth-order valence-electron chi connectivity index (χ4n) is 2.06. The maximum absolute atomic E-state index is 11.0. The Morgan fingerprint density at radius 3 is 3.00 bits per heavy atom. The molecule has 1 atom stereocenters. The van der Waals surface area contributed by atoms with Crippen LogP contribution < -0.4 is 0 Å². The summed E-state index contributed by atoms with van der Waals surface area (Å²) in [6, 6.07) is 0. The van der Waals surface area contributed by atoms with E-state index in [9.17, 15) is 9.59 Å². The van der Waals surface area contributed by atoms with Gasteiger partial charge >= 0.3 is 11.9 Å². The van der Waals surface area contributed by atoms with Crippen molar-refractivity contribution in [3.8, 4) is 0 Å². The zero-order chi connectivity index (χ0) is 13.1. The maximum Gasteiger partial charge on any atom is 0.306 e. The Morgan fingerprint density at radius 2 is 2.33 bits per heavy atom. The molecule has 1 N–H and O–H groups in total. The third-order valence-electron chi connectivity index (χ3n) is 3.10. The van der Waals surface area contributed by atoms with Crippen molar-refractivity contribution in [2.75, 3.05) is 7.11 Å². The van der Waals surface area contributed by atoms with E-state index in [0.29, 0.717) is 25.7 Å². The van der Waals surface area contributed by atoms with Gasteiger partial charge in [-0.15, -0.1) is 11.3 Å². The lowest BCUT2D eigenvalue weighted by molar-refractivity contribution is -0.142. The molecule has 0 saturated heterocycles. The first-order chi connectivity index (χ1) is 8.60. The lowest BCUT2D eigenvalue weighted by Crippen LogP contribution is -2.21. The van der Waals surface area contributed by atoms with Crippen molar-refractivity contribution in [3.63, 3.8) is 0 Å². The molecule has 1 aromatic heterocycles. The first-order valence-electron chi connectivity index (χ1n) is 5.87. The number of aliphatic carboxylic acids is 1. The topological polar surface area (TPSA) is 76.5 Å². The van der Waals surface area contributed by atoms with Crippen LogP contribution in [0.15, 0.2) is 0 Å². The van der Waals surface area contributed by atoms with Gasteiger partial charge in [0.1, 0.15) is 0 Å². The van der Waals surface area contributed by atoms with Crippen LogP contribution in [0, 0.1) is 5.92 Å². The highest BCUT2D eigenvalue weighted by Crippen LogP contribution is 2.30. The molecule has 1 heterocycles. The number of rotatable bonds is 4. The van der Waals surface area contributed by atoms with Gasteiger partial charge in [-0.25, -0.2) is 4.98 Å². The van der Waals surface area contributed by atoms with Gasteiger partial charge in [-0.2, -0.15) is 0 Å². The molecule has 1 unspecified atom stereocenters. The molecule has 2 rings (SSSR count). The summed E-state index contributed by atoms with van der Waals surface area (Å²) in [7, 11) is 1.37. The Labute approximate surface area is 109 Å². The Morgan fingerprint density at radius 1 is 1.56 bits per heavy atom. The number of methoxy groups -OCH3 is 1. The number of hydrogen-bond donors (Lipinski definition) is 1. The summed E-state index contributed by atoms with van der Waals surface area (Å²) in [6.45, 7) is 0. The Kier molecular flexibility index (Phi) is 3.96. The molecule has 0 aliphatic heterocycles. The van der Waals surface area contributed by atoms with Crippen LogP contribution in [0.1, 0.15) is 28.4 Å². The summed E-state index contributed by atoms with van der Waals surface area (Å²) in [4.78, 5) is 27.5. The van der Waals surface area contributed by atoms with Gasteiger partial charge in [0.15, 0.2) is 0 Å². The fourth-order valence-corrected chi connectivity index (χ4v) is 3.25. The molecule has 98 valence electrons. The van der Waals surface area contributed by atoms with E-state index in [4.69, 9.17) is 5.11 Å². The molecule has 1 aromatic rings. The van der Waals surface area contributed by atoms with Crippen LogP contribution in [0.3, 0.4) is 0 Å². The van der Waals surface area contributed by atoms with E-state index in [1.54, 1.807) is 0 Å². The summed E-state index contributed by atoms with van der Waals surface area (Å²) in [6.07, 6.45) is 2.84. The second kappa shape index (κ2) is 5.48. The first-order valence-corrected chi connectivity index (χ1v) is 6.69. The smallest absolute Gasteiger partial charge is 0.306 e. The van der Waals surface area contributed by atoms with Crippen molar-refractivity contribution in [1.82, 2.24) is 4.98 Å². The predicted octanol–water partition coefficient (Wildman–Crippen LogP) is 1.44. The average molecular weight is 269 g/mol. The van der Waals surface area contributed by atoms with Crippen molar-refractivity contribution in [2.24, 2.45) is 5.92 Å². The lowest BCUT2D eigenvalue weighted by atomic mass is 9.91. The maximum atomic E-state index is 11.0. The second-order valence-electron chi connectivity index (χ2n) is 4.33. The lowest BCUT2D eigenvalue weighted by Gasteiger charge is -2.16. The molecule has 0 fully saturated rings. The number of carboxylic acids is 1. The molecule has 0 amide bonds. The minimum absolute atomic E-state index is 0.244. The Bertz CT molecular complexity index is 469. The molecule has 6 heteroatoms. The van der Waals surface area contributed by atoms with Crippen molar-refractivity contribution in [1.29, 1.82) is 0 Å². The number of aromatic nitrogens is 1. The number of carbonyl (C=O) groups excluding carboxylic acids is 1. The third-order valence-corrected chi connectivity index (χ3v) is 4.28. The quantitative estimate of drug-likeness (QED) is 0.837. The Balaban J connectivity index is 2.01. The molecule has 0 bridgehead atoms. The SMILES string of the molecule is COC(=O)CCc1nc2c(s1)CC(C(=O)O)CC2. The summed E-state index contributed by atoms with van der Waals surface area (Å²) >= 11 is 1.53. The molecule has 0 saturated carbocycles. The number of nitrogens with zero attached hydrogens (tertiary/aromatic N) is 1. The minimum Gasteiger partial charge on any atom is -0.481 e.